The average molecular weight is 539 g/mol. The van der Waals surface area contributed by atoms with Gasteiger partial charge in [0.25, 0.3) is 5.91 Å². The molecule has 1 aliphatic heterocycles. The molecule has 1 saturated heterocycles. The lowest BCUT2D eigenvalue weighted by Crippen LogP contribution is -2.41. The van der Waals surface area contributed by atoms with E-state index in [0.29, 0.717) is 29.9 Å². The summed E-state index contributed by atoms with van der Waals surface area (Å²) in [5.41, 5.74) is 4.59. The maximum Gasteiger partial charge on any atom is 0.326 e. The first-order chi connectivity index (χ1) is 18.5. The fraction of sp³-hybridized carbons (Fsp3) is 0.548. The number of carbonyl (C=O) groups excluding carboxylic acids is 1. The van der Waals surface area contributed by atoms with Crippen molar-refractivity contribution in [2.45, 2.75) is 83.0 Å². The van der Waals surface area contributed by atoms with E-state index in [1.165, 1.54) is 38.5 Å². The van der Waals surface area contributed by atoms with Crippen molar-refractivity contribution in [3.63, 3.8) is 0 Å². The van der Waals surface area contributed by atoms with Crippen molar-refractivity contribution < 1.29 is 19.4 Å². The molecule has 7 heteroatoms. The number of nitrogens with zero attached hydrogens (tertiary/aromatic N) is 1. The third-order valence-electron chi connectivity index (χ3n) is 7.94. The van der Waals surface area contributed by atoms with Gasteiger partial charge in [-0.15, -0.1) is 0 Å². The Bertz CT molecular complexity index is 1090. The van der Waals surface area contributed by atoms with Gasteiger partial charge in [0.05, 0.1) is 12.7 Å². The number of aliphatic carboxylic acids is 1. The third kappa shape index (κ3) is 7.61. The summed E-state index contributed by atoms with van der Waals surface area (Å²) in [4.78, 5) is 27.7. The molecule has 1 saturated carbocycles. The SMILES string of the molecule is CSCCC(NC(=O)c1ccc(CN2CCC[C@H]2COC2CCCCC2)cc1-c1ccccc1C)C(=O)O. The minimum Gasteiger partial charge on any atom is -0.480 e. The van der Waals surface area contributed by atoms with Gasteiger partial charge in [0.15, 0.2) is 0 Å². The Balaban J connectivity index is 1.53. The van der Waals surface area contributed by atoms with Crippen LogP contribution in [-0.2, 0) is 16.1 Å². The van der Waals surface area contributed by atoms with Crippen molar-refractivity contribution in [1.82, 2.24) is 10.2 Å². The largest absolute Gasteiger partial charge is 0.480 e. The summed E-state index contributed by atoms with van der Waals surface area (Å²) in [5, 5.41) is 12.4. The minimum absolute atomic E-state index is 0.344. The Hall–Kier alpha value is -2.35. The lowest BCUT2D eigenvalue weighted by molar-refractivity contribution is -0.139. The van der Waals surface area contributed by atoms with Crippen LogP contribution in [-0.4, -0.2) is 65.2 Å². The summed E-state index contributed by atoms with van der Waals surface area (Å²) in [7, 11) is 0. The number of amides is 1. The molecular weight excluding hydrogens is 496 g/mol. The fourth-order valence-electron chi connectivity index (χ4n) is 5.72. The number of likely N-dealkylation sites (tertiary alicyclic amines) is 1. The molecule has 2 aromatic carbocycles. The lowest BCUT2D eigenvalue weighted by Gasteiger charge is -2.28. The van der Waals surface area contributed by atoms with Gasteiger partial charge in [-0.3, -0.25) is 9.69 Å². The summed E-state index contributed by atoms with van der Waals surface area (Å²) >= 11 is 1.57. The van der Waals surface area contributed by atoms with Crippen LogP contribution in [0.3, 0.4) is 0 Å². The normalized spacial score (nSPS) is 19.4. The van der Waals surface area contributed by atoms with E-state index < -0.39 is 12.0 Å². The van der Waals surface area contributed by atoms with Crippen LogP contribution >= 0.6 is 11.8 Å². The first kappa shape index (κ1) is 28.7. The zero-order valence-corrected chi connectivity index (χ0v) is 23.6. The van der Waals surface area contributed by atoms with Crippen LogP contribution in [0, 0.1) is 6.92 Å². The van der Waals surface area contributed by atoms with Gasteiger partial charge in [0.2, 0.25) is 0 Å². The highest BCUT2D eigenvalue weighted by Crippen LogP contribution is 2.30. The van der Waals surface area contributed by atoms with Crippen molar-refractivity contribution in [1.29, 1.82) is 0 Å². The second-order valence-corrected chi connectivity index (χ2v) is 11.7. The van der Waals surface area contributed by atoms with Crippen LogP contribution in [0.4, 0.5) is 0 Å². The molecule has 206 valence electrons. The number of hydrogen-bond donors (Lipinski definition) is 2. The molecule has 38 heavy (non-hydrogen) atoms. The molecule has 1 amide bonds. The van der Waals surface area contributed by atoms with Gasteiger partial charge in [-0.1, -0.05) is 49.6 Å². The molecule has 1 heterocycles. The quantitative estimate of drug-likeness (QED) is 0.350. The maximum atomic E-state index is 13.4. The van der Waals surface area contributed by atoms with Crippen molar-refractivity contribution in [3.05, 3.63) is 59.2 Å². The number of benzene rings is 2. The summed E-state index contributed by atoms with van der Waals surface area (Å²) in [6.45, 7) is 4.70. The summed E-state index contributed by atoms with van der Waals surface area (Å²) < 4.78 is 6.33. The number of hydrogen-bond acceptors (Lipinski definition) is 5. The van der Waals surface area contributed by atoms with Crippen molar-refractivity contribution in [2.24, 2.45) is 0 Å². The molecule has 1 aliphatic carbocycles. The zero-order valence-electron chi connectivity index (χ0n) is 22.8. The van der Waals surface area contributed by atoms with Crippen LogP contribution < -0.4 is 5.32 Å². The second-order valence-electron chi connectivity index (χ2n) is 10.7. The Morgan fingerprint density at radius 2 is 1.87 bits per heavy atom. The van der Waals surface area contributed by atoms with Gasteiger partial charge in [-0.2, -0.15) is 11.8 Å². The molecule has 1 unspecified atom stereocenters. The smallest absolute Gasteiger partial charge is 0.326 e. The van der Waals surface area contributed by atoms with E-state index in [1.807, 2.05) is 49.6 Å². The number of carboxylic acid groups (broad SMARTS) is 1. The molecule has 0 radical (unpaired) electrons. The monoisotopic (exact) mass is 538 g/mol. The van der Waals surface area contributed by atoms with E-state index in [-0.39, 0.29) is 5.91 Å². The molecule has 0 bridgehead atoms. The Morgan fingerprint density at radius 3 is 2.61 bits per heavy atom. The molecule has 2 fully saturated rings. The highest BCUT2D eigenvalue weighted by Gasteiger charge is 2.27. The Morgan fingerprint density at radius 1 is 1.08 bits per heavy atom. The molecule has 4 rings (SSSR count). The van der Waals surface area contributed by atoms with Gasteiger partial charge in [0.1, 0.15) is 6.04 Å². The topological polar surface area (TPSA) is 78.9 Å². The number of rotatable bonds is 12. The van der Waals surface area contributed by atoms with Crippen LogP contribution in [0.25, 0.3) is 11.1 Å². The van der Waals surface area contributed by atoms with Gasteiger partial charge in [-0.05, 0) is 92.0 Å². The highest BCUT2D eigenvalue weighted by atomic mass is 32.2. The number of aryl methyl sites for hydroxylation is 1. The van der Waals surface area contributed by atoms with E-state index in [9.17, 15) is 14.7 Å². The second kappa shape index (κ2) is 14.2. The molecule has 0 aromatic heterocycles. The van der Waals surface area contributed by atoms with E-state index in [4.69, 9.17) is 4.74 Å². The molecule has 6 nitrogen and oxygen atoms in total. The number of carboxylic acids is 1. The number of nitrogens with one attached hydrogen (secondary N) is 1. The maximum absolute atomic E-state index is 13.4. The van der Waals surface area contributed by atoms with Gasteiger partial charge < -0.3 is 15.2 Å². The zero-order chi connectivity index (χ0) is 26.9. The van der Waals surface area contributed by atoms with Crippen LogP contribution in [0.15, 0.2) is 42.5 Å². The van der Waals surface area contributed by atoms with Crippen LogP contribution in [0.5, 0.6) is 0 Å². The van der Waals surface area contributed by atoms with Crippen molar-refractivity contribution in [2.75, 3.05) is 25.2 Å². The molecule has 2 atom stereocenters. The Kier molecular flexibility index (Phi) is 10.7. The molecular formula is C31H42N2O4S. The van der Waals surface area contributed by atoms with Gasteiger partial charge >= 0.3 is 5.97 Å². The highest BCUT2D eigenvalue weighted by molar-refractivity contribution is 7.98. The van der Waals surface area contributed by atoms with Crippen LogP contribution in [0.2, 0.25) is 0 Å². The first-order valence-corrected chi connectivity index (χ1v) is 15.4. The average Bonchev–Trinajstić information content (AvgIpc) is 3.37. The standard InChI is InChI=1S/C31H42N2O4S/c1-22-9-6-7-13-26(22)28-19-23(14-15-27(28)30(34)32-29(31(35)36)16-18-38-2)20-33-17-8-10-24(33)21-37-25-11-4-3-5-12-25/h6-7,9,13-15,19,24-25,29H,3-5,8,10-12,16-18,20-21H2,1-2H3,(H,32,34)(H,35,36)/t24-,29?/m0/s1. The number of ether oxygens (including phenoxy) is 1. The van der Waals surface area contributed by atoms with Crippen molar-refractivity contribution >= 4 is 23.6 Å². The minimum atomic E-state index is -1.00. The Labute approximate surface area is 231 Å². The molecule has 2 aliphatic rings. The van der Waals surface area contributed by atoms with Gasteiger partial charge in [0, 0.05) is 18.2 Å². The summed E-state index contributed by atoms with van der Waals surface area (Å²) in [5.74, 6) is -0.678. The molecule has 2 N–H and O–H groups in total. The van der Waals surface area contributed by atoms with E-state index in [1.54, 1.807) is 11.8 Å². The van der Waals surface area contributed by atoms with E-state index in [2.05, 4.69) is 16.3 Å². The van der Waals surface area contributed by atoms with E-state index >= 15 is 0 Å². The predicted molar refractivity (Wildman–Crippen MR) is 155 cm³/mol. The predicted octanol–water partition coefficient (Wildman–Crippen LogP) is 5.91. The van der Waals surface area contributed by atoms with Crippen molar-refractivity contribution in [3.8, 4) is 11.1 Å². The van der Waals surface area contributed by atoms with E-state index in [0.717, 1.165) is 48.4 Å². The molecule has 0 spiro atoms. The number of carbonyl (C=O) groups is 2. The third-order valence-corrected chi connectivity index (χ3v) is 8.58. The summed E-state index contributed by atoms with van der Waals surface area (Å²) in [6.07, 6.45) is 11.4. The molecule has 2 aromatic rings. The van der Waals surface area contributed by atoms with Crippen LogP contribution in [0.1, 0.15) is 72.9 Å². The van der Waals surface area contributed by atoms with Gasteiger partial charge in [-0.25, -0.2) is 4.79 Å². The summed E-state index contributed by atoms with van der Waals surface area (Å²) in [6, 6.07) is 13.6. The fourth-order valence-corrected chi connectivity index (χ4v) is 6.19. The number of thioether (sulfide) groups is 1. The first-order valence-electron chi connectivity index (χ1n) is 14.0. The lowest BCUT2D eigenvalue weighted by atomic mass is 9.93.